The molecule has 8 nitrogen and oxygen atoms in total. The molecule has 0 saturated heterocycles. The molecule has 3 rings (SSSR count). The Hall–Kier alpha value is -3.56. The Morgan fingerprint density at radius 1 is 0.951 bits per heavy atom. The molecule has 0 bridgehead atoms. The first-order chi connectivity index (χ1) is 19.5. The highest BCUT2D eigenvalue weighted by Gasteiger charge is 2.34. The number of hydrogen-bond acceptors (Lipinski definition) is 5. The highest BCUT2D eigenvalue weighted by molar-refractivity contribution is 7.92. The zero-order valence-corrected chi connectivity index (χ0v) is 25.7. The summed E-state index contributed by atoms with van der Waals surface area (Å²) in [6, 6.07) is 19.1. The highest BCUT2D eigenvalue weighted by atomic mass is 35.5. The summed E-state index contributed by atoms with van der Waals surface area (Å²) in [6.45, 7) is 9.19. The number of benzene rings is 3. The predicted molar refractivity (Wildman–Crippen MR) is 163 cm³/mol. The number of halogens is 1. The van der Waals surface area contributed by atoms with Crippen molar-refractivity contribution in [2.75, 3.05) is 17.5 Å². The molecule has 1 atom stereocenters. The van der Waals surface area contributed by atoms with Gasteiger partial charge in [-0.1, -0.05) is 54.4 Å². The first kappa shape index (κ1) is 32.0. The second-order valence-electron chi connectivity index (χ2n) is 9.95. The lowest BCUT2D eigenvalue weighted by Crippen LogP contribution is -2.53. The molecule has 2 amide bonds. The van der Waals surface area contributed by atoms with E-state index in [0.29, 0.717) is 35.1 Å². The number of hydrogen-bond donors (Lipinski definition) is 1. The van der Waals surface area contributed by atoms with Gasteiger partial charge in [0.1, 0.15) is 18.3 Å². The minimum Gasteiger partial charge on any atom is -0.494 e. The molecule has 0 heterocycles. The average Bonchev–Trinajstić information content (AvgIpc) is 2.93. The number of amides is 2. The lowest BCUT2D eigenvalue weighted by molar-refractivity contribution is -0.140. The van der Waals surface area contributed by atoms with Gasteiger partial charge in [0.2, 0.25) is 11.8 Å². The number of anilines is 1. The third kappa shape index (κ3) is 8.24. The maximum absolute atomic E-state index is 14.1. The van der Waals surface area contributed by atoms with E-state index >= 15 is 0 Å². The molecule has 0 fully saturated rings. The van der Waals surface area contributed by atoms with Crippen molar-refractivity contribution in [3.63, 3.8) is 0 Å². The lowest BCUT2D eigenvalue weighted by atomic mass is 10.1. The van der Waals surface area contributed by atoms with Crippen molar-refractivity contribution in [2.24, 2.45) is 0 Å². The van der Waals surface area contributed by atoms with Gasteiger partial charge < -0.3 is 15.0 Å². The normalized spacial score (nSPS) is 12.1. The monoisotopic (exact) mass is 599 g/mol. The smallest absolute Gasteiger partial charge is 0.264 e. The molecule has 1 N–H and O–H groups in total. The Labute approximate surface area is 248 Å². The Bertz CT molecular complexity index is 1430. The van der Waals surface area contributed by atoms with E-state index in [1.54, 1.807) is 60.7 Å². The highest BCUT2D eigenvalue weighted by Crippen LogP contribution is 2.27. The van der Waals surface area contributed by atoms with Gasteiger partial charge in [0.25, 0.3) is 10.0 Å². The Balaban J connectivity index is 2.06. The van der Waals surface area contributed by atoms with Gasteiger partial charge in [-0.2, -0.15) is 0 Å². The zero-order chi connectivity index (χ0) is 30.2. The van der Waals surface area contributed by atoms with Crippen LogP contribution in [0.4, 0.5) is 5.69 Å². The standard InChI is InChI=1S/C31H38ClN3O5S/c1-6-29(31(37)33-22(3)4)34(20-24-10-8-9-11-28(24)32)30(36)21-35(25-14-12-23(5)13-15-25)41(38,39)27-18-16-26(17-19-27)40-7-2/h8-19,22,29H,6-7,20-21H2,1-5H3,(H,33,37). The second-order valence-corrected chi connectivity index (χ2v) is 12.2. The molecule has 3 aromatic rings. The summed E-state index contributed by atoms with van der Waals surface area (Å²) in [7, 11) is -4.18. The van der Waals surface area contributed by atoms with Gasteiger partial charge in [-0.3, -0.25) is 13.9 Å². The molecule has 0 aliphatic carbocycles. The van der Waals surface area contributed by atoms with Crippen molar-refractivity contribution in [3.05, 3.63) is 88.9 Å². The average molecular weight is 600 g/mol. The minimum atomic E-state index is -4.18. The number of nitrogens with zero attached hydrogens (tertiary/aromatic N) is 2. The SMILES string of the molecule is CCOc1ccc(S(=O)(=O)N(CC(=O)N(Cc2ccccc2Cl)C(CC)C(=O)NC(C)C)c2ccc(C)cc2)cc1. The van der Waals surface area contributed by atoms with E-state index < -0.39 is 28.5 Å². The molecule has 220 valence electrons. The van der Waals surface area contributed by atoms with E-state index in [-0.39, 0.29) is 23.4 Å². The fourth-order valence-electron chi connectivity index (χ4n) is 4.35. The van der Waals surface area contributed by atoms with Gasteiger partial charge in [-0.25, -0.2) is 8.42 Å². The van der Waals surface area contributed by atoms with Crippen LogP contribution < -0.4 is 14.4 Å². The molecular weight excluding hydrogens is 562 g/mol. The first-order valence-electron chi connectivity index (χ1n) is 13.6. The van der Waals surface area contributed by atoms with E-state index in [1.165, 1.54) is 17.0 Å². The summed E-state index contributed by atoms with van der Waals surface area (Å²) >= 11 is 6.43. The van der Waals surface area contributed by atoms with Crippen LogP contribution in [0.1, 0.15) is 45.2 Å². The van der Waals surface area contributed by atoms with Gasteiger partial charge in [-0.05, 0) is 82.1 Å². The lowest BCUT2D eigenvalue weighted by Gasteiger charge is -2.33. The molecule has 0 spiro atoms. The molecule has 0 aliphatic heterocycles. The second kappa shape index (κ2) is 14.4. The van der Waals surface area contributed by atoms with E-state index in [1.807, 2.05) is 34.6 Å². The van der Waals surface area contributed by atoms with Gasteiger partial charge in [0.05, 0.1) is 17.2 Å². The molecule has 0 aliphatic rings. The van der Waals surface area contributed by atoms with Crippen LogP contribution in [0.15, 0.2) is 77.7 Å². The molecule has 0 aromatic heterocycles. The van der Waals surface area contributed by atoms with Crippen molar-refractivity contribution in [2.45, 2.75) is 64.6 Å². The number of carbonyl (C=O) groups is 2. The Morgan fingerprint density at radius 2 is 1.59 bits per heavy atom. The van der Waals surface area contributed by atoms with Crippen LogP contribution in [0.25, 0.3) is 0 Å². The van der Waals surface area contributed by atoms with Gasteiger partial charge in [-0.15, -0.1) is 0 Å². The maximum Gasteiger partial charge on any atom is 0.264 e. The van der Waals surface area contributed by atoms with Crippen LogP contribution in [0.2, 0.25) is 5.02 Å². The van der Waals surface area contributed by atoms with E-state index in [0.717, 1.165) is 9.87 Å². The van der Waals surface area contributed by atoms with Gasteiger partial charge in [0, 0.05) is 17.6 Å². The molecule has 1 unspecified atom stereocenters. The van der Waals surface area contributed by atoms with Crippen molar-refractivity contribution >= 4 is 39.1 Å². The molecule has 0 radical (unpaired) electrons. The van der Waals surface area contributed by atoms with Crippen molar-refractivity contribution in [3.8, 4) is 5.75 Å². The van der Waals surface area contributed by atoms with Crippen LogP contribution in [0.3, 0.4) is 0 Å². The minimum absolute atomic E-state index is 0.0107. The van der Waals surface area contributed by atoms with Crippen LogP contribution in [-0.4, -0.2) is 50.4 Å². The molecule has 41 heavy (non-hydrogen) atoms. The summed E-state index contributed by atoms with van der Waals surface area (Å²) in [5, 5.41) is 3.33. The number of nitrogens with one attached hydrogen (secondary N) is 1. The van der Waals surface area contributed by atoms with E-state index in [4.69, 9.17) is 16.3 Å². The van der Waals surface area contributed by atoms with Crippen LogP contribution in [0.5, 0.6) is 5.75 Å². The van der Waals surface area contributed by atoms with Crippen molar-refractivity contribution in [1.82, 2.24) is 10.2 Å². The number of ether oxygens (including phenoxy) is 1. The molecule has 3 aromatic carbocycles. The number of carbonyl (C=O) groups excluding carboxylic acids is 2. The Kier molecular flexibility index (Phi) is 11.2. The first-order valence-corrected chi connectivity index (χ1v) is 15.4. The van der Waals surface area contributed by atoms with Crippen LogP contribution >= 0.6 is 11.6 Å². The fourth-order valence-corrected chi connectivity index (χ4v) is 5.96. The molecule has 10 heteroatoms. The number of rotatable bonds is 13. The fraction of sp³-hybridized carbons (Fsp3) is 0.355. The summed E-state index contributed by atoms with van der Waals surface area (Å²) < 4.78 is 34.5. The summed E-state index contributed by atoms with van der Waals surface area (Å²) in [4.78, 5) is 28.7. The summed E-state index contributed by atoms with van der Waals surface area (Å²) in [6.07, 6.45) is 0.324. The third-order valence-electron chi connectivity index (χ3n) is 6.44. The third-order valence-corrected chi connectivity index (χ3v) is 8.60. The zero-order valence-electron chi connectivity index (χ0n) is 24.1. The van der Waals surface area contributed by atoms with Crippen molar-refractivity contribution < 1.29 is 22.7 Å². The van der Waals surface area contributed by atoms with E-state index in [2.05, 4.69) is 5.32 Å². The summed E-state index contributed by atoms with van der Waals surface area (Å²) in [5.74, 6) is -0.317. The summed E-state index contributed by atoms with van der Waals surface area (Å²) in [5.41, 5.74) is 1.92. The number of sulfonamides is 1. The maximum atomic E-state index is 14.1. The van der Waals surface area contributed by atoms with E-state index in [9.17, 15) is 18.0 Å². The van der Waals surface area contributed by atoms with Crippen molar-refractivity contribution in [1.29, 1.82) is 0 Å². The Morgan fingerprint density at radius 3 is 2.15 bits per heavy atom. The largest absolute Gasteiger partial charge is 0.494 e. The molecular formula is C31H38ClN3O5S. The quantitative estimate of drug-likeness (QED) is 0.277. The topological polar surface area (TPSA) is 96.0 Å². The molecule has 0 saturated carbocycles. The predicted octanol–water partition coefficient (Wildman–Crippen LogP) is 5.57. The number of aryl methyl sites for hydroxylation is 1. The van der Waals surface area contributed by atoms with Crippen LogP contribution in [0, 0.1) is 6.92 Å². The van der Waals surface area contributed by atoms with Gasteiger partial charge >= 0.3 is 0 Å². The van der Waals surface area contributed by atoms with Gasteiger partial charge in [0.15, 0.2) is 0 Å². The van der Waals surface area contributed by atoms with Crippen LogP contribution in [-0.2, 0) is 26.2 Å².